The van der Waals surface area contributed by atoms with E-state index in [2.05, 4.69) is 20.8 Å². The van der Waals surface area contributed by atoms with Crippen LogP contribution in [0.1, 0.15) is 40.0 Å². The fraction of sp³-hybridized carbons (Fsp3) is 0.733. The summed E-state index contributed by atoms with van der Waals surface area (Å²) in [6, 6.07) is 0. The monoisotopic (exact) mass is 248 g/mol. The lowest BCUT2D eigenvalue weighted by Crippen LogP contribution is -2.43. The maximum atomic E-state index is 11.5. The first-order valence-corrected chi connectivity index (χ1v) is 6.60. The smallest absolute Gasteiger partial charge is 0.146 e. The first kappa shape index (κ1) is 12.1. The minimum atomic E-state index is -0.905. The quantitative estimate of drug-likeness (QED) is 0.759. The van der Waals surface area contributed by atoms with Gasteiger partial charge in [-0.1, -0.05) is 20.8 Å². The van der Waals surface area contributed by atoms with Gasteiger partial charge in [0, 0.05) is 5.57 Å². The van der Waals surface area contributed by atoms with E-state index in [1.165, 1.54) is 0 Å². The Morgan fingerprint density at radius 3 is 2.50 bits per heavy atom. The van der Waals surface area contributed by atoms with Crippen LogP contribution >= 0.6 is 0 Å². The van der Waals surface area contributed by atoms with Gasteiger partial charge in [0.15, 0.2) is 0 Å². The number of carbonyl (C=O) groups is 2. The number of allylic oxidation sites excluding steroid dienone is 1. The van der Waals surface area contributed by atoms with E-state index >= 15 is 0 Å². The van der Waals surface area contributed by atoms with Gasteiger partial charge in [-0.15, -0.1) is 0 Å². The van der Waals surface area contributed by atoms with Crippen LogP contribution in [0.2, 0.25) is 0 Å². The van der Waals surface area contributed by atoms with E-state index in [0.29, 0.717) is 18.4 Å². The molecule has 3 rings (SSSR count). The number of aldehydes is 2. The van der Waals surface area contributed by atoms with Crippen LogP contribution in [0.3, 0.4) is 0 Å². The molecule has 98 valence electrons. The molecule has 4 atom stereocenters. The molecule has 0 aliphatic heterocycles. The van der Waals surface area contributed by atoms with Crippen LogP contribution in [0.25, 0.3) is 0 Å². The second kappa shape index (κ2) is 2.96. The highest BCUT2D eigenvalue weighted by atomic mass is 16.3. The summed E-state index contributed by atoms with van der Waals surface area (Å²) in [6.07, 6.45) is 5.67. The van der Waals surface area contributed by atoms with Gasteiger partial charge < -0.3 is 9.90 Å². The van der Waals surface area contributed by atoms with E-state index in [4.69, 9.17) is 0 Å². The van der Waals surface area contributed by atoms with Crippen LogP contribution in [0, 0.1) is 22.2 Å². The molecule has 0 aromatic rings. The zero-order chi connectivity index (χ0) is 13.4. The van der Waals surface area contributed by atoms with Gasteiger partial charge in [0.2, 0.25) is 0 Å². The minimum absolute atomic E-state index is 0.0640. The summed E-state index contributed by atoms with van der Waals surface area (Å²) in [6.45, 7) is 6.34. The summed E-state index contributed by atoms with van der Waals surface area (Å²) in [5.74, 6) is 0.0916. The van der Waals surface area contributed by atoms with Crippen LogP contribution < -0.4 is 0 Å². The molecule has 0 saturated heterocycles. The summed E-state index contributed by atoms with van der Waals surface area (Å²) in [4.78, 5) is 22.7. The highest BCUT2D eigenvalue weighted by Gasteiger charge is 2.76. The molecule has 0 heterocycles. The number of aliphatic hydroxyl groups is 1. The second-order valence-electron chi connectivity index (χ2n) is 7.49. The summed E-state index contributed by atoms with van der Waals surface area (Å²) < 4.78 is 0. The topological polar surface area (TPSA) is 54.4 Å². The third kappa shape index (κ3) is 1.14. The molecule has 1 N–H and O–H groups in total. The molecule has 0 bridgehead atoms. The van der Waals surface area contributed by atoms with Gasteiger partial charge in [-0.05, 0) is 42.1 Å². The van der Waals surface area contributed by atoms with E-state index in [1.54, 1.807) is 6.08 Å². The number of rotatable bonds is 2. The summed E-state index contributed by atoms with van der Waals surface area (Å²) in [5.41, 5.74) is -1.20. The molecule has 3 nitrogen and oxygen atoms in total. The third-order valence-corrected chi connectivity index (χ3v) is 5.68. The van der Waals surface area contributed by atoms with Crippen molar-refractivity contribution in [3.63, 3.8) is 0 Å². The van der Waals surface area contributed by atoms with Crippen molar-refractivity contribution in [1.29, 1.82) is 0 Å². The number of hydrogen-bond donors (Lipinski definition) is 1. The Hall–Kier alpha value is -0.960. The van der Waals surface area contributed by atoms with Gasteiger partial charge >= 0.3 is 0 Å². The molecule has 3 aliphatic rings. The van der Waals surface area contributed by atoms with Crippen LogP contribution in [0.5, 0.6) is 0 Å². The predicted octanol–water partition coefficient (Wildman–Crippen LogP) is 1.89. The Kier molecular flexibility index (Phi) is 1.99. The van der Waals surface area contributed by atoms with E-state index in [0.717, 1.165) is 19.0 Å². The maximum Gasteiger partial charge on any atom is 0.146 e. The molecule has 0 amide bonds. The number of hydrogen-bond acceptors (Lipinski definition) is 3. The molecule has 3 aliphatic carbocycles. The molecule has 0 aromatic carbocycles. The van der Waals surface area contributed by atoms with Crippen molar-refractivity contribution in [2.45, 2.75) is 45.6 Å². The molecular weight excluding hydrogens is 228 g/mol. The Labute approximate surface area is 107 Å². The zero-order valence-electron chi connectivity index (χ0n) is 11.2. The Balaban J connectivity index is 2.15. The summed E-state index contributed by atoms with van der Waals surface area (Å²) >= 11 is 0. The lowest BCUT2D eigenvalue weighted by atomic mass is 9.67. The highest BCUT2D eigenvalue weighted by molar-refractivity contribution is 5.89. The fourth-order valence-corrected chi connectivity index (χ4v) is 4.80. The Morgan fingerprint density at radius 1 is 1.28 bits per heavy atom. The lowest BCUT2D eigenvalue weighted by molar-refractivity contribution is -0.116. The van der Waals surface area contributed by atoms with Gasteiger partial charge in [0.1, 0.15) is 12.6 Å². The average Bonchev–Trinajstić information content (AvgIpc) is 2.81. The van der Waals surface area contributed by atoms with Gasteiger partial charge in [0.25, 0.3) is 0 Å². The fourth-order valence-electron chi connectivity index (χ4n) is 4.80. The maximum absolute atomic E-state index is 11.5. The van der Waals surface area contributed by atoms with E-state index in [1.807, 2.05) is 0 Å². The van der Waals surface area contributed by atoms with Crippen LogP contribution in [-0.2, 0) is 9.59 Å². The van der Waals surface area contributed by atoms with Crippen molar-refractivity contribution in [3.8, 4) is 0 Å². The van der Waals surface area contributed by atoms with Gasteiger partial charge in [-0.2, -0.15) is 0 Å². The predicted molar refractivity (Wildman–Crippen MR) is 66.8 cm³/mol. The van der Waals surface area contributed by atoms with Crippen molar-refractivity contribution in [3.05, 3.63) is 11.6 Å². The normalized spacial score (nSPS) is 52.0. The van der Waals surface area contributed by atoms with Crippen molar-refractivity contribution < 1.29 is 14.7 Å². The molecule has 3 heteroatoms. The number of fused-ring (bicyclic) bond motifs is 3. The van der Waals surface area contributed by atoms with Crippen LogP contribution in [-0.4, -0.2) is 23.3 Å². The van der Waals surface area contributed by atoms with Gasteiger partial charge in [0.05, 0.1) is 11.0 Å². The molecule has 0 aromatic heterocycles. The molecular formula is C15H20O3. The van der Waals surface area contributed by atoms with Crippen molar-refractivity contribution in [1.82, 2.24) is 0 Å². The van der Waals surface area contributed by atoms with Crippen LogP contribution in [0.15, 0.2) is 11.6 Å². The summed E-state index contributed by atoms with van der Waals surface area (Å²) in [5, 5.41) is 10.9. The van der Waals surface area contributed by atoms with Crippen molar-refractivity contribution in [2.75, 3.05) is 0 Å². The number of carbonyl (C=O) groups excluding carboxylic acids is 2. The van der Waals surface area contributed by atoms with Crippen molar-refractivity contribution >= 4 is 12.6 Å². The Morgan fingerprint density at radius 2 is 1.94 bits per heavy atom. The second-order valence-corrected chi connectivity index (χ2v) is 7.49. The SMILES string of the molecule is CC1(C)C[C@@H]2[C@@](O)(C=C(C=O)[C@@]3(C=O)C[C@@]23C)C1. The standard InChI is InChI=1S/C15H20O3/c1-12(2)5-11-13(3)8-14(13,9-17)10(6-16)4-15(11,18)7-12/h4,6,9,11,18H,5,7-8H2,1-3H3/t11-,13-,14-,15+/m0/s1. The van der Waals surface area contributed by atoms with E-state index < -0.39 is 11.0 Å². The highest BCUT2D eigenvalue weighted by Crippen LogP contribution is 2.77. The molecule has 18 heavy (non-hydrogen) atoms. The molecule has 2 fully saturated rings. The average molecular weight is 248 g/mol. The first-order valence-electron chi connectivity index (χ1n) is 6.60. The largest absolute Gasteiger partial charge is 0.385 e. The lowest BCUT2D eigenvalue weighted by Gasteiger charge is -2.39. The van der Waals surface area contributed by atoms with E-state index in [9.17, 15) is 14.7 Å². The minimum Gasteiger partial charge on any atom is -0.385 e. The molecule has 0 spiro atoms. The van der Waals surface area contributed by atoms with Crippen LogP contribution in [0.4, 0.5) is 0 Å². The zero-order valence-corrected chi connectivity index (χ0v) is 11.2. The Bertz CT molecular complexity index is 478. The molecule has 0 radical (unpaired) electrons. The molecule has 0 unspecified atom stereocenters. The third-order valence-electron chi connectivity index (χ3n) is 5.68. The van der Waals surface area contributed by atoms with Crippen molar-refractivity contribution in [2.24, 2.45) is 22.2 Å². The van der Waals surface area contributed by atoms with Gasteiger partial charge in [-0.25, -0.2) is 0 Å². The van der Waals surface area contributed by atoms with Gasteiger partial charge in [-0.3, -0.25) is 4.79 Å². The summed E-state index contributed by atoms with van der Waals surface area (Å²) in [7, 11) is 0. The first-order chi connectivity index (χ1) is 8.23. The molecule has 2 saturated carbocycles. The van der Waals surface area contributed by atoms with E-state index in [-0.39, 0.29) is 16.7 Å².